The zero-order chi connectivity index (χ0) is 19.4. The summed E-state index contributed by atoms with van der Waals surface area (Å²) in [6, 6.07) is 5.81. The summed E-state index contributed by atoms with van der Waals surface area (Å²) >= 11 is 0. The van der Waals surface area contributed by atoms with Crippen molar-refractivity contribution >= 4 is 25.8 Å². The number of benzene rings is 1. The van der Waals surface area contributed by atoms with Crippen molar-refractivity contribution in [3.63, 3.8) is 0 Å². The molecule has 146 valence electrons. The summed E-state index contributed by atoms with van der Waals surface area (Å²) in [7, 11) is -6.82. The van der Waals surface area contributed by atoms with Crippen molar-refractivity contribution in [3.8, 4) is 0 Å². The molecule has 0 bridgehead atoms. The minimum absolute atomic E-state index is 0.00482. The number of amides is 1. The highest BCUT2D eigenvalue weighted by atomic mass is 32.2. The van der Waals surface area contributed by atoms with Crippen LogP contribution in [0.4, 0.5) is 0 Å². The summed E-state index contributed by atoms with van der Waals surface area (Å²) in [5.41, 5.74) is 0.199. The van der Waals surface area contributed by atoms with E-state index in [0.717, 1.165) is 19.3 Å². The van der Waals surface area contributed by atoms with Crippen molar-refractivity contribution in [2.24, 2.45) is 0 Å². The third-order valence-corrected chi connectivity index (χ3v) is 8.30. The Morgan fingerprint density at radius 1 is 1.23 bits per heavy atom. The lowest BCUT2D eigenvalue weighted by molar-refractivity contribution is 0.0956. The van der Waals surface area contributed by atoms with Gasteiger partial charge in [-0.3, -0.25) is 4.79 Å². The van der Waals surface area contributed by atoms with Gasteiger partial charge in [0, 0.05) is 30.4 Å². The minimum Gasteiger partial charge on any atom is -0.351 e. The average Bonchev–Trinajstić information content (AvgIpc) is 2.62. The highest BCUT2D eigenvalue weighted by Crippen LogP contribution is 2.25. The summed E-state index contributed by atoms with van der Waals surface area (Å²) in [4.78, 5) is 12.3. The lowest BCUT2D eigenvalue weighted by atomic mass is 10.1. The summed E-state index contributed by atoms with van der Waals surface area (Å²) in [6.07, 6.45) is 2.66. The molecule has 1 fully saturated rings. The van der Waals surface area contributed by atoms with E-state index in [2.05, 4.69) is 5.32 Å². The predicted molar refractivity (Wildman–Crippen MR) is 100 cm³/mol. The van der Waals surface area contributed by atoms with Crippen LogP contribution in [0.3, 0.4) is 0 Å². The van der Waals surface area contributed by atoms with Crippen molar-refractivity contribution in [1.29, 1.82) is 0 Å². The van der Waals surface area contributed by atoms with Crippen LogP contribution < -0.4 is 5.32 Å². The van der Waals surface area contributed by atoms with Gasteiger partial charge in [0.2, 0.25) is 10.0 Å². The molecule has 2 rings (SSSR count). The number of sulfonamides is 1. The second-order valence-corrected chi connectivity index (χ2v) is 10.8. The first-order valence-electron chi connectivity index (χ1n) is 8.78. The van der Waals surface area contributed by atoms with Gasteiger partial charge in [-0.15, -0.1) is 0 Å². The molecule has 1 aromatic carbocycles. The maximum atomic E-state index is 12.9. The third-order valence-electron chi connectivity index (χ3n) is 4.58. The van der Waals surface area contributed by atoms with Gasteiger partial charge in [0.05, 0.1) is 10.6 Å². The topological polar surface area (TPSA) is 101 Å². The Balaban J connectivity index is 2.13. The van der Waals surface area contributed by atoms with Crippen molar-refractivity contribution in [2.45, 2.75) is 44.0 Å². The van der Waals surface area contributed by atoms with E-state index in [1.807, 2.05) is 6.92 Å². The van der Waals surface area contributed by atoms with Gasteiger partial charge in [0.15, 0.2) is 9.84 Å². The predicted octanol–water partition coefficient (Wildman–Crippen LogP) is 1.41. The molecular weight excluding hydrogens is 376 g/mol. The molecule has 26 heavy (non-hydrogen) atoms. The number of piperidine rings is 1. The Kier molecular flexibility index (Phi) is 6.81. The van der Waals surface area contributed by atoms with E-state index in [4.69, 9.17) is 0 Å². The van der Waals surface area contributed by atoms with E-state index in [1.54, 1.807) is 6.92 Å². The number of nitrogens with zero attached hydrogens (tertiary/aromatic N) is 1. The van der Waals surface area contributed by atoms with Gasteiger partial charge in [0.25, 0.3) is 5.91 Å². The van der Waals surface area contributed by atoms with Gasteiger partial charge >= 0.3 is 0 Å². The molecule has 9 heteroatoms. The first-order valence-corrected chi connectivity index (χ1v) is 12.0. The van der Waals surface area contributed by atoms with Crippen LogP contribution in [0.2, 0.25) is 0 Å². The summed E-state index contributed by atoms with van der Waals surface area (Å²) in [5.74, 6) is -0.608. The molecule has 1 atom stereocenters. The molecular formula is C17H26N2O5S2. The second kappa shape index (κ2) is 8.49. The van der Waals surface area contributed by atoms with E-state index in [0.29, 0.717) is 6.54 Å². The Morgan fingerprint density at radius 2 is 1.96 bits per heavy atom. The van der Waals surface area contributed by atoms with Crippen LogP contribution in [-0.4, -0.2) is 57.7 Å². The minimum atomic E-state index is -3.66. The first kappa shape index (κ1) is 20.9. The molecule has 1 saturated heterocycles. The van der Waals surface area contributed by atoms with E-state index in [1.165, 1.54) is 28.6 Å². The van der Waals surface area contributed by atoms with Crippen molar-refractivity contribution in [3.05, 3.63) is 29.8 Å². The van der Waals surface area contributed by atoms with E-state index in [9.17, 15) is 21.6 Å². The highest BCUT2D eigenvalue weighted by Gasteiger charge is 2.31. The van der Waals surface area contributed by atoms with Gasteiger partial charge in [-0.05, 0) is 38.0 Å². The second-order valence-electron chi connectivity index (χ2n) is 6.48. The summed E-state index contributed by atoms with van der Waals surface area (Å²) in [6.45, 7) is 3.92. The smallest absolute Gasteiger partial charge is 0.251 e. The fraction of sp³-hybridized carbons (Fsp3) is 0.588. The molecule has 0 saturated carbocycles. The fourth-order valence-corrected chi connectivity index (χ4v) is 5.38. The van der Waals surface area contributed by atoms with Crippen LogP contribution in [0.25, 0.3) is 0 Å². The van der Waals surface area contributed by atoms with Crippen molar-refractivity contribution in [2.75, 3.05) is 24.6 Å². The Labute approximate surface area is 155 Å². The van der Waals surface area contributed by atoms with Gasteiger partial charge in [0.1, 0.15) is 0 Å². The number of hydrogen-bond donors (Lipinski definition) is 1. The largest absolute Gasteiger partial charge is 0.351 e. The third kappa shape index (κ3) is 5.05. The fourth-order valence-electron chi connectivity index (χ4n) is 2.93. The molecule has 1 N–H and O–H groups in total. The van der Waals surface area contributed by atoms with Crippen LogP contribution in [0.5, 0.6) is 0 Å². The number of nitrogens with one attached hydrogen (secondary N) is 1. The molecule has 0 aromatic heterocycles. The quantitative estimate of drug-likeness (QED) is 0.743. The van der Waals surface area contributed by atoms with E-state index in [-0.39, 0.29) is 34.6 Å². The molecule has 1 amide bonds. The van der Waals surface area contributed by atoms with Crippen LogP contribution in [0, 0.1) is 0 Å². The number of carbonyl (C=O) groups excluding carboxylic acids is 1. The zero-order valence-corrected chi connectivity index (χ0v) is 16.8. The Hall–Kier alpha value is -1.45. The molecule has 7 nitrogen and oxygen atoms in total. The normalized spacial score (nSPS) is 19.2. The number of sulfone groups is 1. The molecule has 0 radical (unpaired) electrons. The maximum absolute atomic E-state index is 12.9. The lowest BCUT2D eigenvalue weighted by Gasteiger charge is -2.32. The highest BCUT2D eigenvalue weighted by molar-refractivity contribution is 7.91. The van der Waals surface area contributed by atoms with Crippen LogP contribution in [-0.2, 0) is 19.9 Å². The average molecular weight is 403 g/mol. The molecule has 1 unspecified atom stereocenters. The number of rotatable bonds is 7. The van der Waals surface area contributed by atoms with Crippen LogP contribution in [0.1, 0.15) is 43.5 Å². The molecule has 0 aliphatic carbocycles. The monoisotopic (exact) mass is 402 g/mol. The zero-order valence-electron chi connectivity index (χ0n) is 15.1. The molecule has 1 heterocycles. The van der Waals surface area contributed by atoms with Gasteiger partial charge in [-0.1, -0.05) is 19.4 Å². The number of carbonyl (C=O) groups is 1. The summed E-state index contributed by atoms with van der Waals surface area (Å²) in [5, 5.41) is 2.53. The van der Waals surface area contributed by atoms with E-state index < -0.39 is 25.8 Å². The van der Waals surface area contributed by atoms with Gasteiger partial charge in [-0.25, -0.2) is 16.8 Å². The molecule has 0 spiro atoms. The molecule has 1 aliphatic heterocycles. The SMILES string of the molecule is CCS(=O)(=O)CCNC(=O)c1cccc(S(=O)(=O)N2CCCCC2C)c1. The van der Waals surface area contributed by atoms with Gasteiger partial charge in [-0.2, -0.15) is 4.31 Å². The first-order chi connectivity index (χ1) is 12.2. The molecule has 1 aromatic rings. The van der Waals surface area contributed by atoms with Crippen LogP contribution in [0.15, 0.2) is 29.2 Å². The lowest BCUT2D eigenvalue weighted by Crippen LogP contribution is -2.42. The van der Waals surface area contributed by atoms with Crippen molar-refractivity contribution in [1.82, 2.24) is 9.62 Å². The Bertz CT molecular complexity index is 850. The van der Waals surface area contributed by atoms with Crippen LogP contribution >= 0.6 is 0 Å². The maximum Gasteiger partial charge on any atom is 0.251 e. The standard InChI is InChI=1S/C17H26N2O5S2/c1-3-25(21,22)12-10-18-17(20)15-8-6-9-16(13-15)26(23,24)19-11-5-4-7-14(19)2/h6,8-9,13-14H,3-5,7,10-12H2,1-2H3,(H,18,20). The van der Waals surface area contributed by atoms with Crippen molar-refractivity contribution < 1.29 is 21.6 Å². The Morgan fingerprint density at radius 3 is 2.62 bits per heavy atom. The molecule has 1 aliphatic rings. The van der Waals surface area contributed by atoms with Gasteiger partial charge < -0.3 is 5.32 Å². The summed E-state index contributed by atoms with van der Waals surface area (Å²) < 4.78 is 50.2. The van der Waals surface area contributed by atoms with E-state index >= 15 is 0 Å². The number of hydrogen-bond acceptors (Lipinski definition) is 5.